The van der Waals surface area contributed by atoms with Crippen molar-refractivity contribution in [3.63, 3.8) is 0 Å². The minimum atomic E-state index is -0.336. The maximum Gasteiger partial charge on any atom is 0.338 e. The summed E-state index contributed by atoms with van der Waals surface area (Å²) in [6.07, 6.45) is 1.77. The lowest BCUT2D eigenvalue weighted by Gasteiger charge is -2.10. The Morgan fingerprint density at radius 1 is 1.12 bits per heavy atom. The standard InChI is InChI=1S/C26H27N5O3/c1-5-34-26(33)19-10-12-21(13-11-19)31-17(2)14-20(18(31)3)16-27-29-25(32)15-24-28-22-8-6-7-9-23(22)30(24)4/h6-14,16H,5,15H2,1-4H3,(H,29,32)/b27-16+. The highest BCUT2D eigenvalue weighted by molar-refractivity contribution is 5.89. The third kappa shape index (κ3) is 4.61. The molecule has 1 N–H and O–H groups in total. The normalized spacial score (nSPS) is 11.3. The zero-order chi connectivity index (χ0) is 24.2. The molecule has 0 saturated heterocycles. The minimum absolute atomic E-state index is 0.133. The second-order valence-corrected chi connectivity index (χ2v) is 7.97. The summed E-state index contributed by atoms with van der Waals surface area (Å²) in [4.78, 5) is 28.8. The van der Waals surface area contributed by atoms with E-state index in [4.69, 9.17) is 4.74 Å². The number of fused-ring (bicyclic) bond motifs is 1. The summed E-state index contributed by atoms with van der Waals surface area (Å²) in [6.45, 7) is 6.10. The van der Waals surface area contributed by atoms with Crippen LogP contribution in [0.15, 0.2) is 59.7 Å². The summed E-state index contributed by atoms with van der Waals surface area (Å²) in [5.41, 5.74) is 8.74. The lowest BCUT2D eigenvalue weighted by molar-refractivity contribution is -0.120. The summed E-state index contributed by atoms with van der Waals surface area (Å²) >= 11 is 0. The van der Waals surface area contributed by atoms with Gasteiger partial charge in [-0.2, -0.15) is 5.10 Å². The topological polar surface area (TPSA) is 90.5 Å². The van der Waals surface area contributed by atoms with Crippen LogP contribution in [0.2, 0.25) is 0 Å². The average molecular weight is 458 g/mol. The molecule has 34 heavy (non-hydrogen) atoms. The SMILES string of the molecule is CCOC(=O)c1ccc(-n2c(C)cc(/C=N/NC(=O)Cc3nc4ccccc4n3C)c2C)cc1. The van der Waals surface area contributed by atoms with Gasteiger partial charge in [-0.25, -0.2) is 15.2 Å². The minimum Gasteiger partial charge on any atom is -0.462 e. The van der Waals surface area contributed by atoms with Gasteiger partial charge < -0.3 is 13.9 Å². The predicted octanol–water partition coefficient (Wildman–Crippen LogP) is 3.85. The molecule has 2 heterocycles. The highest BCUT2D eigenvalue weighted by Crippen LogP contribution is 2.20. The van der Waals surface area contributed by atoms with Gasteiger partial charge in [-0.15, -0.1) is 0 Å². The molecular formula is C26H27N5O3. The summed E-state index contributed by atoms with van der Waals surface area (Å²) < 4.78 is 9.03. The van der Waals surface area contributed by atoms with E-state index in [-0.39, 0.29) is 18.3 Å². The Morgan fingerprint density at radius 2 is 1.85 bits per heavy atom. The lowest BCUT2D eigenvalue weighted by atomic mass is 10.2. The van der Waals surface area contributed by atoms with Crippen molar-refractivity contribution in [3.8, 4) is 5.69 Å². The Kier molecular flexibility index (Phi) is 6.58. The Hall–Kier alpha value is -4.20. The van der Waals surface area contributed by atoms with Crippen LogP contribution in [0.25, 0.3) is 16.7 Å². The van der Waals surface area contributed by atoms with E-state index in [1.807, 2.05) is 67.9 Å². The van der Waals surface area contributed by atoms with Crippen LogP contribution < -0.4 is 5.43 Å². The average Bonchev–Trinajstić information content (AvgIpc) is 3.29. The number of aromatic nitrogens is 3. The van der Waals surface area contributed by atoms with Gasteiger partial charge in [0.2, 0.25) is 5.91 Å². The molecule has 0 aliphatic heterocycles. The maximum atomic E-state index is 12.4. The highest BCUT2D eigenvalue weighted by atomic mass is 16.5. The van der Waals surface area contributed by atoms with E-state index in [9.17, 15) is 9.59 Å². The Balaban J connectivity index is 1.44. The smallest absolute Gasteiger partial charge is 0.338 e. The van der Waals surface area contributed by atoms with Gasteiger partial charge in [0.25, 0.3) is 0 Å². The van der Waals surface area contributed by atoms with E-state index in [0.29, 0.717) is 18.0 Å². The van der Waals surface area contributed by atoms with Crippen LogP contribution in [0.3, 0.4) is 0 Å². The van der Waals surface area contributed by atoms with Crippen molar-refractivity contribution < 1.29 is 14.3 Å². The molecule has 4 aromatic rings. The van der Waals surface area contributed by atoms with Crippen molar-refractivity contribution in [1.29, 1.82) is 0 Å². The molecule has 8 nitrogen and oxygen atoms in total. The third-order valence-electron chi connectivity index (χ3n) is 5.70. The highest BCUT2D eigenvalue weighted by Gasteiger charge is 2.13. The predicted molar refractivity (Wildman–Crippen MR) is 131 cm³/mol. The van der Waals surface area contributed by atoms with E-state index in [1.165, 1.54) is 0 Å². The fourth-order valence-corrected chi connectivity index (χ4v) is 3.99. The van der Waals surface area contributed by atoms with Gasteiger partial charge in [0.15, 0.2) is 0 Å². The van der Waals surface area contributed by atoms with E-state index in [0.717, 1.165) is 33.7 Å². The van der Waals surface area contributed by atoms with Crippen LogP contribution in [0.1, 0.15) is 40.1 Å². The first kappa shape index (κ1) is 23.0. The molecule has 0 bridgehead atoms. The molecule has 174 valence electrons. The molecule has 2 aromatic heterocycles. The number of imidazole rings is 1. The van der Waals surface area contributed by atoms with Crippen LogP contribution in [0.4, 0.5) is 0 Å². The summed E-state index contributed by atoms with van der Waals surface area (Å²) in [5.74, 6) is 0.105. The lowest BCUT2D eigenvalue weighted by Crippen LogP contribution is -2.21. The zero-order valence-corrected chi connectivity index (χ0v) is 19.7. The first-order chi connectivity index (χ1) is 16.4. The number of carbonyl (C=O) groups is 2. The van der Waals surface area contributed by atoms with Gasteiger partial charge in [0.1, 0.15) is 5.82 Å². The molecule has 0 spiro atoms. The molecule has 0 atom stereocenters. The number of amides is 1. The molecule has 0 saturated carbocycles. The van der Waals surface area contributed by atoms with Gasteiger partial charge in [0, 0.05) is 29.7 Å². The number of carbonyl (C=O) groups excluding carboxylic acids is 2. The number of hydrogen-bond donors (Lipinski definition) is 1. The summed E-state index contributed by atoms with van der Waals surface area (Å²) in [5, 5.41) is 4.15. The number of hydrogen-bond acceptors (Lipinski definition) is 5. The second-order valence-electron chi connectivity index (χ2n) is 7.97. The molecule has 0 aliphatic rings. The largest absolute Gasteiger partial charge is 0.462 e. The van der Waals surface area contributed by atoms with Crippen LogP contribution in [0, 0.1) is 13.8 Å². The fraction of sp³-hybridized carbons (Fsp3) is 0.231. The Labute approximate surface area is 197 Å². The quantitative estimate of drug-likeness (QED) is 0.259. The number of nitrogens with zero attached hydrogens (tertiary/aromatic N) is 4. The van der Waals surface area contributed by atoms with Gasteiger partial charge in [0.05, 0.1) is 35.8 Å². The van der Waals surface area contributed by atoms with Crippen molar-refractivity contribution in [2.75, 3.05) is 6.61 Å². The van der Waals surface area contributed by atoms with Crippen LogP contribution in [0.5, 0.6) is 0 Å². The van der Waals surface area contributed by atoms with Crippen molar-refractivity contribution >= 4 is 29.1 Å². The van der Waals surface area contributed by atoms with E-state index >= 15 is 0 Å². The molecule has 0 unspecified atom stereocenters. The van der Waals surface area contributed by atoms with Crippen molar-refractivity contribution in [2.45, 2.75) is 27.2 Å². The number of ether oxygens (including phenoxy) is 1. The van der Waals surface area contributed by atoms with Crippen molar-refractivity contribution in [2.24, 2.45) is 12.1 Å². The monoisotopic (exact) mass is 457 g/mol. The third-order valence-corrected chi connectivity index (χ3v) is 5.70. The van der Waals surface area contributed by atoms with E-state index in [1.54, 1.807) is 25.3 Å². The Bertz CT molecular complexity index is 1380. The molecule has 0 aliphatic carbocycles. The summed E-state index contributed by atoms with van der Waals surface area (Å²) in [6, 6.07) is 17.0. The van der Waals surface area contributed by atoms with E-state index < -0.39 is 0 Å². The number of benzene rings is 2. The van der Waals surface area contributed by atoms with E-state index in [2.05, 4.69) is 20.1 Å². The zero-order valence-electron chi connectivity index (χ0n) is 19.7. The second kappa shape index (κ2) is 9.74. The maximum absolute atomic E-state index is 12.4. The number of nitrogens with one attached hydrogen (secondary N) is 1. The first-order valence-electron chi connectivity index (χ1n) is 11.1. The molecule has 4 rings (SSSR count). The van der Waals surface area contributed by atoms with Gasteiger partial charge in [-0.3, -0.25) is 4.79 Å². The molecular weight excluding hydrogens is 430 g/mol. The summed E-state index contributed by atoms with van der Waals surface area (Å²) in [7, 11) is 1.90. The number of rotatable bonds is 7. The molecule has 0 fully saturated rings. The van der Waals surface area contributed by atoms with Crippen molar-refractivity contribution in [3.05, 3.63) is 82.9 Å². The number of esters is 1. The van der Waals surface area contributed by atoms with Crippen LogP contribution in [-0.4, -0.2) is 38.8 Å². The van der Waals surface area contributed by atoms with Crippen LogP contribution in [-0.2, 0) is 23.0 Å². The number of para-hydroxylation sites is 2. The molecule has 2 aromatic carbocycles. The van der Waals surface area contributed by atoms with Crippen LogP contribution >= 0.6 is 0 Å². The Morgan fingerprint density at radius 3 is 2.56 bits per heavy atom. The van der Waals surface area contributed by atoms with Gasteiger partial charge in [-0.05, 0) is 63.2 Å². The number of aryl methyl sites for hydroxylation is 2. The molecule has 8 heteroatoms. The molecule has 1 amide bonds. The van der Waals surface area contributed by atoms with Gasteiger partial charge >= 0.3 is 5.97 Å². The fourth-order valence-electron chi connectivity index (χ4n) is 3.99. The molecule has 0 radical (unpaired) electrons. The van der Waals surface area contributed by atoms with Gasteiger partial charge in [-0.1, -0.05) is 12.1 Å². The number of hydrazone groups is 1. The first-order valence-corrected chi connectivity index (χ1v) is 11.1. The van der Waals surface area contributed by atoms with Crippen molar-refractivity contribution in [1.82, 2.24) is 19.5 Å².